The number of nitrogens with zero attached hydrogens (tertiary/aromatic N) is 3. The lowest BCUT2D eigenvalue weighted by molar-refractivity contribution is -0.121. The second-order valence-electron chi connectivity index (χ2n) is 8.60. The second-order valence-corrected chi connectivity index (χ2v) is 8.60. The van der Waals surface area contributed by atoms with Crippen LogP contribution in [0.3, 0.4) is 0 Å². The van der Waals surface area contributed by atoms with E-state index < -0.39 is 0 Å². The van der Waals surface area contributed by atoms with Gasteiger partial charge in [0.1, 0.15) is 11.6 Å². The average molecular weight is 457 g/mol. The molecule has 1 aliphatic rings. The lowest BCUT2D eigenvalue weighted by Gasteiger charge is -2.32. The molecule has 0 aliphatic carbocycles. The third-order valence-electron chi connectivity index (χ3n) is 6.34. The zero-order valence-corrected chi connectivity index (χ0v) is 18.7. The van der Waals surface area contributed by atoms with Crippen LogP contribution in [0.5, 0.6) is 0 Å². The highest BCUT2D eigenvalue weighted by Gasteiger charge is 2.29. The summed E-state index contributed by atoms with van der Waals surface area (Å²) in [5, 5.41) is 9.73. The van der Waals surface area contributed by atoms with Crippen LogP contribution in [-0.4, -0.2) is 39.6 Å². The van der Waals surface area contributed by atoms with E-state index in [0.29, 0.717) is 37.4 Å². The van der Waals surface area contributed by atoms with E-state index in [1.54, 1.807) is 21.8 Å². The standard InChI is InChI=1S/C27H25FN4O2/c28-23-12-10-20(11-13-23)27(34)31-16-4-8-22(17-31)26(33)30-25-14-15-29-32(25)18-21-7-3-6-19-5-1-2-9-24(19)21/h1-3,5-7,9-15,22H,4,8,16-18H2,(H,30,33). The minimum atomic E-state index is -0.382. The minimum Gasteiger partial charge on any atom is -0.338 e. The summed E-state index contributed by atoms with van der Waals surface area (Å²) in [5.41, 5.74) is 1.54. The first-order chi connectivity index (χ1) is 16.6. The number of halogens is 1. The molecule has 1 atom stereocenters. The van der Waals surface area contributed by atoms with Gasteiger partial charge in [0.15, 0.2) is 0 Å². The van der Waals surface area contributed by atoms with Gasteiger partial charge in [-0.1, -0.05) is 42.5 Å². The van der Waals surface area contributed by atoms with Crippen LogP contribution in [-0.2, 0) is 11.3 Å². The monoisotopic (exact) mass is 456 g/mol. The third kappa shape index (κ3) is 4.55. The van der Waals surface area contributed by atoms with Gasteiger partial charge in [-0.05, 0) is 53.4 Å². The van der Waals surface area contributed by atoms with Crippen molar-refractivity contribution in [3.63, 3.8) is 0 Å². The normalized spacial score (nSPS) is 15.9. The zero-order chi connectivity index (χ0) is 23.5. The van der Waals surface area contributed by atoms with E-state index >= 15 is 0 Å². The van der Waals surface area contributed by atoms with Gasteiger partial charge in [-0.25, -0.2) is 9.07 Å². The first-order valence-electron chi connectivity index (χ1n) is 11.4. The van der Waals surface area contributed by atoms with Crippen LogP contribution in [0.25, 0.3) is 10.8 Å². The molecule has 0 radical (unpaired) electrons. The molecule has 4 aromatic rings. The molecule has 1 fully saturated rings. The molecule has 2 heterocycles. The maximum atomic E-state index is 13.2. The molecule has 0 saturated carbocycles. The second kappa shape index (κ2) is 9.47. The van der Waals surface area contributed by atoms with Crippen molar-refractivity contribution in [1.82, 2.24) is 14.7 Å². The van der Waals surface area contributed by atoms with Crippen molar-refractivity contribution in [3.05, 3.63) is 95.9 Å². The predicted molar refractivity (Wildman–Crippen MR) is 129 cm³/mol. The molecule has 1 aliphatic heterocycles. The Bertz CT molecular complexity index is 1330. The molecule has 1 aromatic heterocycles. The fourth-order valence-electron chi connectivity index (χ4n) is 4.54. The number of nitrogens with one attached hydrogen (secondary N) is 1. The fraction of sp³-hybridized carbons (Fsp3) is 0.222. The molecule has 172 valence electrons. The molecule has 6 nitrogen and oxygen atoms in total. The number of anilines is 1. The van der Waals surface area contributed by atoms with Crippen molar-refractivity contribution >= 4 is 28.4 Å². The van der Waals surface area contributed by atoms with Gasteiger partial charge in [0, 0.05) is 24.7 Å². The van der Waals surface area contributed by atoms with Crippen molar-refractivity contribution in [3.8, 4) is 0 Å². The number of piperidine rings is 1. The van der Waals surface area contributed by atoms with Gasteiger partial charge in [-0.3, -0.25) is 9.59 Å². The first-order valence-corrected chi connectivity index (χ1v) is 11.4. The quantitative estimate of drug-likeness (QED) is 0.473. The SMILES string of the molecule is O=C(Nc1ccnn1Cc1cccc2ccccc12)C1CCCN(C(=O)c2ccc(F)cc2)C1. The van der Waals surface area contributed by atoms with Crippen molar-refractivity contribution in [1.29, 1.82) is 0 Å². The van der Waals surface area contributed by atoms with Gasteiger partial charge in [0.05, 0.1) is 18.7 Å². The molecule has 34 heavy (non-hydrogen) atoms. The van der Waals surface area contributed by atoms with Gasteiger partial charge in [0.2, 0.25) is 5.91 Å². The van der Waals surface area contributed by atoms with Crippen molar-refractivity contribution in [2.45, 2.75) is 19.4 Å². The van der Waals surface area contributed by atoms with Crippen LogP contribution in [0.4, 0.5) is 10.2 Å². The lowest BCUT2D eigenvalue weighted by atomic mass is 9.96. The Morgan fingerprint density at radius 2 is 1.79 bits per heavy atom. The number of benzene rings is 3. The number of likely N-dealkylation sites (tertiary alicyclic amines) is 1. The molecule has 1 unspecified atom stereocenters. The van der Waals surface area contributed by atoms with E-state index in [1.165, 1.54) is 24.3 Å². The number of hydrogen-bond donors (Lipinski definition) is 1. The maximum Gasteiger partial charge on any atom is 0.253 e. The lowest BCUT2D eigenvalue weighted by Crippen LogP contribution is -2.43. The van der Waals surface area contributed by atoms with Crippen molar-refractivity contribution in [2.75, 3.05) is 18.4 Å². The maximum absolute atomic E-state index is 13.2. The smallest absolute Gasteiger partial charge is 0.253 e. The van der Waals surface area contributed by atoms with E-state index in [9.17, 15) is 14.0 Å². The molecule has 7 heteroatoms. The Morgan fingerprint density at radius 3 is 2.65 bits per heavy atom. The highest BCUT2D eigenvalue weighted by atomic mass is 19.1. The van der Waals surface area contributed by atoms with Crippen LogP contribution in [0.2, 0.25) is 0 Å². The molecular weight excluding hydrogens is 431 g/mol. The number of rotatable bonds is 5. The summed E-state index contributed by atoms with van der Waals surface area (Å²) in [5.74, 6) is -0.388. The topological polar surface area (TPSA) is 67.2 Å². The van der Waals surface area contributed by atoms with Gasteiger partial charge in [-0.2, -0.15) is 5.10 Å². The summed E-state index contributed by atoms with van der Waals surface area (Å²) in [4.78, 5) is 27.6. The van der Waals surface area contributed by atoms with E-state index in [0.717, 1.165) is 22.8 Å². The van der Waals surface area contributed by atoms with E-state index in [2.05, 4.69) is 34.7 Å². The van der Waals surface area contributed by atoms with E-state index in [1.807, 2.05) is 18.2 Å². The fourth-order valence-corrected chi connectivity index (χ4v) is 4.54. The van der Waals surface area contributed by atoms with Gasteiger partial charge in [-0.15, -0.1) is 0 Å². The van der Waals surface area contributed by atoms with Crippen LogP contribution < -0.4 is 5.32 Å². The Hall–Kier alpha value is -4.00. The summed E-state index contributed by atoms with van der Waals surface area (Å²) in [6.45, 7) is 1.45. The van der Waals surface area contributed by atoms with Crippen LogP contribution >= 0.6 is 0 Å². The Kier molecular flexibility index (Phi) is 6.08. The Balaban J connectivity index is 1.27. The first kappa shape index (κ1) is 21.8. The average Bonchev–Trinajstić information content (AvgIpc) is 3.30. The summed E-state index contributed by atoms with van der Waals surface area (Å²) in [6, 6.07) is 21.6. The highest BCUT2D eigenvalue weighted by Crippen LogP contribution is 2.23. The minimum absolute atomic E-state index is 0.128. The number of carbonyl (C=O) groups is 2. The molecule has 1 saturated heterocycles. The largest absolute Gasteiger partial charge is 0.338 e. The molecule has 0 bridgehead atoms. The van der Waals surface area contributed by atoms with Gasteiger partial charge < -0.3 is 10.2 Å². The summed E-state index contributed by atoms with van der Waals surface area (Å²) < 4.78 is 15.0. The molecule has 1 N–H and O–H groups in total. The van der Waals surface area contributed by atoms with E-state index in [4.69, 9.17) is 0 Å². The number of fused-ring (bicyclic) bond motifs is 1. The summed E-state index contributed by atoms with van der Waals surface area (Å²) >= 11 is 0. The number of hydrogen-bond acceptors (Lipinski definition) is 3. The van der Waals surface area contributed by atoms with Crippen LogP contribution in [0, 0.1) is 11.7 Å². The van der Waals surface area contributed by atoms with Crippen LogP contribution in [0.1, 0.15) is 28.8 Å². The summed E-state index contributed by atoms with van der Waals surface area (Å²) in [6.07, 6.45) is 3.11. The number of amides is 2. The van der Waals surface area contributed by atoms with Gasteiger partial charge in [0.25, 0.3) is 5.91 Å². The van der Waals surface area contributed by atoms with Crippen molar-refractivity contribution < 1.29 is 14.0 Å². The molecular formula is C27H25FN4O2. The predicted octanol–water partition coefficient (Wildman–Crippen LogP) is 4.71. The van der Waals surface area contributed by atoms with E-state index in [-0.39, 0.29) is 23.5 Å². The number of aromatic nitrogens is 2. The van der Waals surface area contributed by atoms with Crippen molar-refractivity contribution in [2.24, 2.45) is 5.92 Å². The zero-order valence-electron chi connectivity index (χ0n) is 18.7. The molecule has 0 spiro atoms. The third-order valence-corrected chi connectivity index (χ3v) is 6.34. The molecule has 3 aromatic carbocycles. The number of carbonyl (C=O) groups excluding carboxylic acids is 2. The Morgan fingerprint density at radius 1 is 1.00 bits per heavy atom. The Labute approximate surface area is 197 Å². The summed E-state index contributed by atoms with van der Waals surface area (Å²) in [7, 11) is 0. The molecule has 5 rings (SSSR count). The highest BCUT2D eigenvalue weighted by molar-refractivity contribution is 5.96. The molecule has 2 amide bonds. The van der Waals surface area contributed by atoms with Gasteiger partial charge >= 0.3 is 0 Å². The van der Waals surface area contributed by atoms with Crippen LogP contribution in [0.15, 0.2) is 79.0 Å².